The van der Waals surface area contributed by atoms with Gasteiger partial charge in [0.2, 0.25) is 0 Å². The molecule has 1 heterocycles. The summed E-state index contributed by atoms with van der Waals surface area (Å²) in [5.41, 5.74) is 5.13. The summed E-state index contributed by atoms with van der Waals surface area (Å²) in [5, 5.41) is 9.90. The van der Waals surface area contributed by atoms with Crippen molar-refractivity contribution >= 4 is 11.6 Å². The predicted molar refractivity (Wildman–Crippen MR) is 105 cm³/mol. The van der Waals surface area contributed by atoms with Crippen LogP contribution in [0, 0.1) is 17.8 Å². The first-order chi connectivity index (χ1) is 12.7. The van der Waals surface area contributed by atoms with Crippen LogP contribution in [0.2, 0.25) is 5.02 Å². The standard InChI is InChI=1S/C23H18ClNO/c24-21-9-6-17(7-10-21)19-8-12-22(25-14-19)11-3-16-1-4-18(5-2-16)23-13-20(23)15-26/h1-2,4-10,12,14,20,23,26H,13,15H2/t20-,23-/m0/s1. The molecule has 0 amide bonds. The van der Waals surface area contributed by atoms with Gasteiger partial charge < -0.3 is 5.11 Å². The van der Waals surface area contributed by atoms with Crippen molar-refractivity contribution in [2.75, 3.05) is 6.61 Å². The highest BCUT2D eigenvalue weighted by molar-refractivity contribution is 6.30. The van der Waals surface area contributed by atoms with E-state index in [0.29, 0.717) is 11.8 Å². The zero-order valence-electron chi connectivity index (χ0n) is 14.2. The van der Waals surface area contributed by atoms with E-state index in [-0.39, 0.29) is 6.61 Å². The number of rotatable bonds is 3. The van der Waals surface area contributed by atoms with Crippen LogP contribution < -0.4 is 0 Å². The van der Waals surface area contributed by atoms with Gasteiger partial charge in [0.1, 0.15) is 5.69 Å². The number of pyridine rings is 1. The quantitative estimate of drug-likeness (QED) is 0.675. The molecule has 4 rings (SSSR count). The topological polar surface area (TPSA) is 33.1 Å². The Morgan fingerprint density at radius 1 is 0.923 bits per heavy atom. The van der Waals surface area contributed by atoms with E-state index in [1.54, 1.807) is 0 Å². The normalized spacial score (nSPS) is 18.1. The minimum Gasteiger partial charge on any atom is -0.396 e. The van der Waals surface area contributed by atoms with Crippen molar-refractivity contribution in [1.29, 1.82) is 0 Å². The Hall–Kier alpha value is -2.60. The molecule has 2 aromatic carbocycles. The maximum atomic E-state index is 9.17. The van der Waals surface area contributed by atoms with Gasteiger partial charge in [0, 0.05) is 29.0 Å². The van der Waals surface area contributed by atoms with Crippen LogP contribution in [0.1, 0.15) is 29.2 Å². The second kappa shape index (κ2) is 7.33. The van der Waals surface area contributed by atoms with Gasteiger partial charge in [-0.05, 0) is 65.6 Å². The van der Waals surface area contributed by atoms with Crippen LogP contribution in [0.3, 0.4) is 0 Å². The molecule has 2 atom stereocenters. The third-order valence-corrected chi connectivity index (χ3v) is 5.02. The number of hydrogen-bond donors (Lipinski definition) is 1. The summed E-state index contributed by atoms with van der Waals surface area (Å²) >= 11 is 5.92. The fourth-order valence-corrected chi connectivity index (χ4v) is 3.21. The molecule has 1 saturated carbocycles. The molecule has 1 aromatic heterocycles. The van der Waals surface area contributed by atoms with Crippen LogP contribution in [-0.2, 0) is 0 Å². The minimum absolute atomic E-state index is 0.282. The van der Waals surface area contributed by atoms with Crippen LogP contribution in [0.4, 0.5) is 0 Å². The van der Waals surface area contributed by atoms with Gasteiger partial charge in [0.05, 0.1) is 0 Å². The Morgan fingerprint density at radius 2 is 1.65 bits per heavy atom. The molecule has 128 valence electrons. The Balaban J connectivity index is 1.45. The fourth-order valence-electron chi connectivity index (χ4n) is 3.09. The lowest BCUT2D eigenvalue weighted by Crippen LogP contribution is -1.88. The summed E-state index contributed by atoms with van der Waals surface area (Å²) in [6, 6.07) is 20.0. The van der Waals surface area contributed by atoms with E-state index in [2.05, 4.69) is 29.0 Å². The van der Waals surface area contributed by atoms with E-state index in [9.17, 15) is 5.11 Å². The van der Waals surface area contributed by atoms with Gasteiger partial charge in [0.25, 0.3) is 0 Å². The van der Waals surface area contributed by atoms with Crippen molar-refractivity contribution in [3.63, 3.8) is 0 Å². The molecule has 0 aliphatic heterocycles. The van der Waals surface area contributed by atoms with Crippen LogP contribution in [-0.4, -0.2) is 16.7 Å². The summed E-state index contributed by atoms with van der Waals surface area (Å²) in [6.45, 7) is 0.282. The Kier molecular flexibility index (Phi) is 4.75. The highest BCUT2D eigenvalue weighted by atomic mass is 35.5. The number of aliphatic hydroxyl groups is 1. The predicted octanol–water partition coefficient (Wildman–Crippen LogP) is 4.90. The molecule has 3 heteroatoms. The Morgan fingerprint density at radius 3 is 2.27 bits per heavy atom. The summed E-state index contributed by atoms with van der Waals surface area (Å²) in [4.78, 5) is 4.43. The van der Waals surface area contributed by atoms with Crippen molar-refractivity contribution in [3.05, 3.63) is 88.7 Å². The Bertz CT molecular complexity index is 950. The van der Waals surface area contributed by atoms with Crippen molar-refractivity contribution in [1.82, 2.24) is 4.98 Å². The molecule has 0 unspecified atom stereocenters. The van der Waals surface area contributed by atoms with Gasteiger partial charge in [-0.1, -0.05) is 47.9 Å². The smallest absolute Gasteiger partial charge is 0.113 e. The molecule has 2 nitrogen and oxygen atoms in total. The van der Waals surface area contributed by atoms with E-state index in [4.69, 9.17) is 11.6 Å². The SMILES string of the molecule is OC[C@@H]1C[C@H]1c1ccc(C#Cc2ccc(-c3ccc(Cl)cc3)cn2)cc1. The van der Waals surface area contributed by atoms with Crippen molar-refractivity contribution in [2.45, 2.75) is 12.3 Å². The lowest BCUT2D eigenvalue weighted by atomic mass is 10.1. The second-order valence-corrected chi connectivity index (χ2v) is 7.03. The first-order valence-corrected chi connectivity index (χ1v) is 9.05. The van der Waals surface area contributed by atoms with E-state index in [0.717, 1.165) is 33.8 Å². The number of nitrogens with zero attached hydrogens (tertiary/aromatic N) is 1. The first kappa shape index (κ1) is 16.8. The van der Waals surface area contributed by atoms with Crippen LogP contribution in [0.5, 0.6) is 0 Å². The van der Waals surface area contributed by atoms with Crippen molar-refractivity contribution < 1.29 is 5.11 Å². The summed E-state index contributed by atoms with van der Waals surface area (Å²) < 4.78 is 0. The number of aliphatic hydroxyl groups excluding tert-OH is 1. The molecule has 1 N–H and O–H groups in total. The van der Waals surface area contributed by atoms with E-state index in [1.165, 1.54) is 5.56 Å². The molecule has 0 radical (unpaired) electrons. The summed E-state index contributed by atoms with van der Waals surface area (Å²) in [6.07, 6.45) is 2.92. The molecule has 1 fully saturated rings. The van der Waals surface area contributed by atoms with Gasteiger partial charge in [0.15, 0.2) is 0 Å². The molecule has 3 aromatic rings. The highest BCUT2D eigenvalue weighted by Crippen LogP contribution is 2.46. The minimum atomic E-state index is 0.282. The largest absolute Gasteiger partial charge is 0.396 e. The molecule has 1 aliphatic carbocycles. The van der Waals surface area contributed by atoms with Gasteiger partial charge in [-0.25, -0.2) is 4.98 Å². The third-order valence-electron chi connectivity index (χ3n) is 4.77. The molecule has 1 aliphatic rings. The number of aromatic nitrogens is 1. The van der Waals surface area contributed by atoms with Crippen LogP contribution >= 0.6 is 11.6 Å². The average molecular weight is 360 g/mol. The maximum Gasteiger partial charge on any atom is 0.113 e. The number of hydrogen-bond acceptors (Lipinski definition) is 2. The van der Waals surface area contributed by atoms with Crippen molar-refractivity contribution in [2.24, 2.45) is 5.92 Å². The highest BCUT2D eigenvalue weighted by Gasteiger charge is 2.37. The van der Waals surface area contributed by atoms with E-state index < -0.39 is 0 Å². The van der Waals surface area contributed by atoms with Crippen LogP contribution in [0.15, 0.2) is 66.9 Å². The molecule has 0 saturated heterocycles. The average Bonchev–Trinajstić information content (AvgIpc) is 3.48. The first-order valence-electron chi connectivity index (χ1n) is 8.68. The zero-order valence-corrected chi connectivity index (χ0v) is 14.9. The summed E-state index contributed by atoms with van der Waals surface area (Å²) in [7, 11) is 0. The molecule has 26 heavy (non-hydrogen) atoms. The second-order valence-electron chi connectivity index (χ2n) is 6.60. The molecule has 0 spiro atoms. The van der Waals surface area contributed by atoms with Gasteiger partial charge in [-0.3, -0.25) is 0 Å². The molecular weight excluding hydrogens is 342 g/mol. The van der Waals surface area contributed by atoms with Crippen molar-refractivity contribution in [3.8, 4) is 23.0 Å². The number of benzene rings is 2. The monoisotopic (exact) mass is 359 g/mol. The number of halogens is 1. The van der Waals surface area contributed by atoms with Gasteiger partial charge in [-0.2, -0.15) is 0 Å². The van der Waals surface area contributed by atoms with Crippen LogP contribution in [0.25, 0.3) is 11.1 Å². The van der Waals surface area contributed by atoms with E-state index >= 15 is 0 Å². The zero-order chi connectivity index (χ0) is 17.9. The van der Waals surface area contributed by atoms with Gasteiger partial charge in [-0.15, -0.1) is 0 Å². The molecular formula is C23H18ClNO. The molecule has 0 bridgehead atoms. The lowest BCUT2D eigenvalue weighted by Gasteiger charge is -2.01. The van der Waals surface area contributed by atoms with E-state index in [1.807, 2.05) is 54.7 Å². The third kappa shape index (κ3) is 3.80. The lowest BCUT2D eigenvalue weighted by molar-refractivity contribution is 0.274. The Labute approximate surface area is 158 Å². The maximum absolute atomic E-state index is 9.17. The van der Waals surface area contributed by atoms with Gasteiger partial charge >= 0.3 is 0 Å². The fraction of sp³-hybridized carbons (Fsp3) is 0.174. The summed E-state index contributed by atoms with van der Waals surface area (Å²) in [5.74, 6) is 7.23.